The second-order valence-corrected chi connectivity index (χ2v) is 9.49. The van der Waals surface area contributed by atoms with Crippen LogP contribution < -0.4 is 14.4 Å². The van der Waals surface area contributed by atoms with Gasteiger partial charge in [-0.2, -0.15) is 0 Å². The standard InChI is InChI=1S/C24H23FN2O4S/c1-17-4-9-21(10-5-17)31-16-24(28)26-20-8-13-23-18(15-20)3-2-14-27(23)32(29,30)22-11-6-19(25)7-12-22/h4-13,15H,2-3,14,16H2,1H3,(H,26,28). The number of halogens is 1. The minimum Gasteiger partial charge on any atom is -0.484 e. The first-order chi connectivity index (χ1) is 15.3. The zero-order valence-corrected chi connectivity index (χ0v) is 18.4. The van der Waals surface area contributed by atoms with E-state index in [1.807, 2.05) is 19.1 Å². The number of sulfonamides is 1. The summed E-state index contributed by atoms with van der Waals surface area (Å²) < 4.78 is 46.2. The van der Waals surface area contributed by atoms with Gasteiger partial charge in [-0.3, -0.25) is 9.10 Å². The van der Waals surface area contributed by atoms with Crippen LogP contribution in [0.25, 0.3) is 0 Å². The van der Waals surface area contributed by atoms with Crippen LogP contribution in [0.1, 0.15) is 17.5 Å². The largest absolute Gasteiger partial charge is 0.484 e. The molecule has 1 aliphatic heterocycles. The third-order valence-corrected chi connectivity index (χ3v) is 7.06. The second kappa shape index (κ2) is 9.00. The van der Waals surface area contributed by atoms with Crippen LogP contribution in [-0.4, -0.2) is 27.5 Å². The maximum Gasteiger partial charge on any atom is 0.264 e. The molecular weight excluding hydrogens is 431 g/mol. The Balaban J connectivity index is 1.47. The molecule has 32 heavy (non-hydrogen) atoms. The zero-order chi connectivity index (χ0) is 22.7. The van der Waals surface area contributed by atoms with Crippen molar-refractivity contribution in [3.63, 3.8) is 0 Å². The van der Waals surface area contributed by atoms with Gasteiger partial charge in [0.15, 0.2) is 6.61 Å². The van der Waals surface area contributed by atoms with Gasteiger partial charge < -0.3 is 10.1 Å². The third-order valence-electron chi connectivity index (χ3n) is 5.23. The Hall–Kier alpha value is -3.39. The van der Waals surface area contributed by atoms with Gasteiger partial charge in [-0.05, 0) is 79.9 Å². The lowest BCUT2D eigenvalue weighted by Crippen LogP contribution is -2.35. The number of nitrogens with one attached hydrogen (secondary N) is 1. The fraction of sp³-hybridized carbons (Fsp3) is 0.208. The van der Waals surface area contributed by atoms with Gasteiger partial charge in [-0.25, -0.2) is 12.8 Å². The van der Waals surface area contributed by atoms with Crippen LogP contribution in [0.5, 0.6) is 5.75 Å². The van der Waals surface area contributed by atoms with Crippen LogP contribution >= 0.6 is 0 Å². The highest BCUT2D eigenvalue weighted by atomic mass is 32.2. The summed E-state index contributed by atoms with van der Waals surface area (Å²) in [5.74, 6) is -0.190. The summed E-state index contributed by atoms with van der Waals surface area (Å²) in [5.41, 5.74) is 3.06. The molecule has 0 aliphatic carbocycles. The average molecular weight is 455 g/mol. The fourth-order valence-corrected chi connectivity index (χ4v) is 5.15. The van der Waals surface area contributed by atoms with Crippen molar-refractivity contribution < 1.29 is 22.3 Å². The summed E-state index contributed by atoms with van der Waals surface area (Å²) in [6.45, 7) is 2.17. The average Bonchev–Trinajstić information content (AvgIpc) is 2.78. The summed E-state index contributed by atoms with van der Waals surface area (Å²) in [4.78, 5) is 12.3. The van der Waals surface area contributed by atoms with Crippen molar-refractivity contribution in [3.8, 4) is 5.75 Å². The Morgan fingerprint density at radius 3 is 2.50 bits per heavy atom. The van der Waals surface area contributed by atoms with Crippen molar-refractivity contribution in [3.05, 3.63) is 83.7 Å². The lowest BCUT2D eigenvalue weighted by Gasteiger charge is -2.31. The molecule has 166 valence electrons. The maximum absolute atomic E-state index is 13.2. The van der Waals surface area contributed by atoms with Gasteiger partial charge >= 0.3 is 0 Å². The van der Waals surface area contributed by atoms with Crippen LogP contribution in [0.2, 0.25) is 0 Å². The molecule has 0 aromatic heterocycles. The number of rotatable bonds is 6. The molecule has 8 heteroatoms. The van der Waals surface area contributed by atoms with E-state index in [2.05, 4.69) is 5.32 Å². The molecule has 1 aliphatic rings. The summed E-state index contributed by atoms with van der Waals surface area (Å²) in [5, 5.41) is 2.79. The van der Waals surface area contributed by atoms with Gasteiger partial charge in [-0.15, -0.1) is 0 Å². The highest BCUT2D eigenvalue weighted by Crippen LogP contribution is 2.33. The molecule has 0 bridgehead atoms. The van der Waals surface area contributed by atoms with Crippen molar-refractivity contribution in [2.45, 2.75) is 24.7 Å². The number of carbonyl (C=O) groups excluding carboxylic acids is 1. The molecule has 1 amide bonds. The molecule has 0 saturated heterocycles. The molecule has 0 radical (unpaired) electrons. The minimum absolute atomic E-state index is 0.0392. The van der Waals surface area contributed by atoms with Crippen molar-refractivity contribution in [1.29, 1.82) is 0 Å². The number of hydrogen-bond donors (Lipinski definition) is 1. The highest BCUT2D eigenvalue weighted by Gasteiger charge is 2.29. The first-order valence-electron chi connectivity index (χ1n) is 10.2. The summed E-state index contributed by atoms with van der Waals surface area (Å²) in [7, 11) is -3.81. The van der Waals surface area contributed by atoms with Gasteiger partial charge in [0.25, 0.3) is 15.9 Å². The third kappa shape index (κ3) is 4.75. The molecule has 0 unspecified atom stereocenters. The Morgan fingerprint density at radius 1 is 1.06 bits per heavy atom. The SMILES string of the molecule is Cc1ccc(OCC(=O)Nc2ccc3c(c2)CCCN3S(=O)(=O)c2ccc(F)cc2)cc1. The van der Waals surface area contributed by atoms with Crippen molar-refractivity contribution in [2.75, 3.05) is 22.8 Å². The lowest BCUT2D eigenvalue weighted by molar-refractivity contribution is -0.118. The lowest BCUT2D eigenvalue weighted by atomic mass is 10.0. The van der Waals surface area contributed by atoms with Crippen LogP contribution in [-0.2, 0) is 21.2 Å². The molecule has 4 rings (SSSR count). The molecule has 6 nitrogen and oxygen atoms in total. The molecule has 1 N–H and O–H groups in total. The smallest absolute Gasteiger partial charge is 0.264 e. The van der Waals surface area contributed by atoms with Gasteiger partial charge in [0, 0.05) is 12.2 Å². The first kappa shape index (κ1) is 21.8. The fourth-order valence-electron chi connectivity index (χ4n) is 3.60. The van der Waals surface area contributed by atoms with Gasteiger partial charge in [0.05, 0.1) is 10.6 Å². The topological polar surface area (TPSA) is 75.7 Å². The molecular formula is C24H23FN2O4S. The quantitative estimate of drug-likeness (QED) is 0.603. The van der Waals surface area contributed by atoms with E-state index in [-0.39, 0.29) is 17.4 Å². The Kier molecular flexibility index (Phi) is 6.14. The Morgan fingerprint density at radius 2 is 1.78 bits per heavy atom. The van der Waals surface area contributed by atoms with Crippen molar-refractivity contribution >= 4 is 27.3 Å². The summed E-state index contributed by atoms with van der Waals surface area (Å²) in [6.07, 6.45) is 1.33. The predicted octanol–water partition coefficient (Wildman–Crippen LogP) is 4.29. The number of fused-ring (bicyclic) bond motifs is 1. The van der Waals surface area contributed by atoms with E-state index < -0.39 is 15.8 Å². The number of hydrogen-bond acceptors (Lipinski definition) is 4. The molecule has 0 spiro atoms. The van der Waals surface area contributed by atoms with Gasteiger partial charge in [0.2, 0.25) is 0 Å². The van der Waals surface area contributed by atoms with Crippen LogP contribution in [0, 0.1) is 12.7 Å². The molecule has 0 saturated carbocycles. The predicted molar refractivity (Wildman–Crippen MR) is 121 cm³/mol. The van der Waals surface area contributed by atoms with Crippen molar-refractivity contribution in [1.82, 2.24) is 0 Å². The monoisotopic (exact) mass is 454 g/mol. The van der Waals surface area contributed by atoms with Gasteiger partial charge in [-0.1, -0.05) is 17.7 Å². The van der Waals surface area contributed by atoms with Gasteiger partial charge in [0.1, 0.15) is 11.6 Å². The van der Waals surface area contributed by atoms with Crippen molar-refractivity contribution in [2.24, 2.45) is 0 Å². The number of aryl methyl sites for hydroxylation is 2. The van der Waals surface area contributed by atoms with Crippen LogP contribution in [0.3, 0.4) is 0 Å². The normalized spacial score (nSPS) is 13.4. The molecule has 3 aromatic rings. The zero-order valence-electron chi connectivity index (χ0n) is 17.5. The second-order valence-electron chi connectivity index (χ2n) is 7.63. The minimum atomic E-state index is -3.81. The summed E-state index contributed by atoms with van der Waals surface area (Å²) >= 11 is 0. The maximum atomic E-state index is 13.2. The van der Waals surface area contributed by atoms with E-state index in [1.54, 1.807) is 30.3 Å². The number of ether oxygens (including phenoxy) is 1. The number of amides is 1. The molecule has 0 fully saturated rings. The molecule has 0 atom stereocenters. The summed E-state index contributed by atoms with van der Waals surface area (Å²) in [6, 6.07) is 17.4. The van der Waals surface area contributed by atoms with E-state index in [1.165, 1.54) is 16.4 Å². The number of carbonyl (C=O) groups is 1. The molecule has 1 heterocycles. The van der Waals surface area contributed by atoms with Crippen LogP contribution in [0.4, 0.5) is 15.8 Å². The molecule has 3 aromatic carbocycles. The number of benzene rings is 3. The van der Waals surface area contributed by atoms with E-state index >= 15 is 0 Å². The highest BCUT2D eigenvalue weighted by molar-refractivity contribution is 7.92. The van der Waals surface area contributed by atoms with E-state index in [4.69, 9.17) is 4.74 Å². The van der Waals surface area contributed by atoms with E-state index in [9.17, 15) is 17.6 Å². The number of nitrogens with zero attached hydrogens (tertiary/aromatic N) is 1. The van der Waals surface area contributed by atoms with E-state index in [0.29, 0.717) is 36.5 Å². The number of anilines is 2. The van der Waals surface area contributed by atoms with Crippen LogP contribution in [0.15, 0.2) is 71.6 Å². The van der Waals surface area contributed by atoms with E-state index in [0.717, 1.165) is 23.3 Å². The Bertz CT molecular complexity index is 1230. The Labute approximate surface area is 186 Å². The first-order valence-corrected chi connectivity index (χ1v) is 11.7.